The summed E-state index contributed by atoms with van der Waals surface area (Å²) in [6, 6.07) is 12.2. The molecule has 1 aliphatic heterocycles. The van der Waals surface area contributed by atoms with Crippen LogP contribution in [-0.4, -0.2) is 48.7 Å². The van der Waals surface area contributed by atoms with E-state index in [1.54, 1.807) is 4.90 Å². The van der Waals surface area contributed by atoms with E-state index in [1.807, 2.05) is 31.2 Å². The van der Waals surface area contributed by atoms with E-state index < -0.39 is 0 Å². The second-order valence-electron chi connectivity index (χ2n) is 6.60. The first-order valence-electron chi connectivity index (χ1n) is 9.28. The molecule has 1 N–H and O–H groups in total. The molecular weight excluding hydrogens is 382 g/mol. The zero-order valence-electron chi connectivity index (χ0n) is 15.8. The Morgan fingerprint density at radius 3 is 2.56 bits per heavy atom. The Balaban J connectivity index is 1.58. The van der Waals surface area contributed by atoms with Gasteiger partial charge in [-0.15, -0.1) is 11.3 Å². The molecule has 2 amide bonds. The van der Waals surface area contributed by atoms with Crippen molar-refractivity contribution < 1.29 is 9.53 Å². The molecule has 1 unspecified atom stereocenters. The molecule has 27 heavy (non-hydrogen) atoms. The van der Waals surface area contributed by atoms with Crippen molar-refractivity contribution in [1.29, 1.82) is 0 Å². The van der Waals surface area contributed by atoms with Crippen LogP contribution in [0.2, 0.25) is 4.34 Å². The number of hydrogen-bond donors (Lipinski definition) is 1. The average Bonchev–Trinajstić information content (AvgIpc) is 3.11. The number of halogens is 1. The fourth-order valence-corrected chi connectivity index (χ4v) is 4.28. The van der Waals surface area contributed by atoms with Crippen LogP contribution in [0.5, 0.6) is 0 Å². The molecule has 1 saturated heterocycles. The number of morpholine rings is 1. The molecule has 2 heterocycles. The molecular formula is C20H26ClN3O2S. The molecule has 3 rings (SSSR count). The van der Waals surface area contributed by atoms with E-state index in [0.29, 0.717) is 19.1 Å². The van der Waals surface area contributed by atoms with Crippen LogP contribution in [0.3, 0.4) is 0 Å². The van der Waals surface area contributed by atoms with Crippen molar-refractivity contribution in [3.8, 4) is 0 Å². The van der Waals surface area contributed by atoms with Crippen molar-refractivity contribution in [3.63, 3.8) is 0 Å². The number of nitrogens with zero attached hydrogens (tertiary/aromatic N) is 2. The van der Waals surface area contributed by atoms with Gasteiger partial charge in [-0.2, -0.15) is 0 Å². The Morgan fingerprint density at radius 1 is 1.26 bits per heavy atom. The van der Waals surface area contributed by atoms with Crippen LogP contribution < -0.4 is 5.32 Å². The minimum absolute atomic E-state index is 0.101. The second-order valence-corrected chi connectivity index (χ2v) is 8.40. The standard InChI is InChI=1S/C20H26ClN3O2S/c1-3-23(14-18-8-9-19(21)27-18)20(25)22-17-6-4-16(5-7-17)15(2)24-10-12-26-13-11-24/h4-9,15H,3,10-14H2,1-2H3,(H,22,25). The summed E-state index contributed by atoms with van der Waals surface area (Å²) in [5.74, 6) is 0. The molecule has 0 radical (unpaired) electrons. The van der Waals surface area contributed by atoms with Crippen LogP contribution in [0.4, 0.5) is 10.5 Å². The predicted octanol–water partition coefficient (Wildman–Crippen LogP) is 4.85. The lowest BCUT2D eigenvalue weighted by atomic mass is 10.1. The number of rotatable bonds is 6. The summed E-state index contributed by atoms with van der Waals surface area (Å²) in [6.45, 7) is 8.88. The maximum Gasteiger partial charge on any atom is 0.322 e. The number of benzene rings is 1. The summed E-state index contributed by atoms with van der Waals surface area (Å²) in [7, 11) is 0. The zero-order valence-corrected chi connectivity index (χ0v) is 17.4. The maximum atomic E-state index is 12.6. The van der Waals surface area contributed by atoms with Crippen molar-refractivity contribution >= 4 is 34.7 Å². The van der Waals surface area contributed by atoms with Crippen LogP contribution in [0.1, 0.15) is 30.3 Å². The van der Waals surface area contributed by atoms with Gasteiger partial charge in [0.1, 0.15) is 0 Å². The summed E-state index contributed by atoms with van der Waals surface area (Å²) >= 11 is 7.49. The van der Waals surface area contributed by atoms with Gasteiger partial charge in [0.25, 0.3) is 0 Å². The summed E-state index contributed by atoms with van der Waals surface area (Å²) in [6.07, 6.45) is 0. The third kappa shape index (κ3) is 5.45. The SMILES string of the molecule is CCN(Cc1ccc(Cl)s1)C(=O)Nc1ccc(C(C)N2CCOCC2)cc1. The molecule has 1 atom stereocenters. The van der Waals surface area contributed by atoms with Gasteiger partial charge in [-0.1, -0.05) is 23.7 Å². The smallest absolute Gasteiger partial charge is 0.322 e. The summed E-state index contributed by atoms with van der Waals surface area (Å²) in [5, 5.41) is 2.99. The van der Waals surface area contributed by atoms with Gasteiger partial charge in [0, 0.05) is 36.2 Å². The Morgan fingerprint density at radius 2 is 1.96 bits per heavy atom. The fraction of sp³-hybridized carbons (Fsp3) is 0.450. The minimum atomic E-state index is -0.101. The van der Waals surface area contributed by atoms with E-state index >= 15 is 0 Å². The number of nitrogens with one attached hydrogen (secondary N) is 1. The number of anilines is 1. The van der Waals surface area contributed by atoms with Crippen LogP contribution in [-0.2, 0) is 11.3 Å². The van der Waals surface area contributed by atoms with Crippen molar-refractivity contribution in [2.45, 2.75) is 26.4 Å². The van der Waals surface area contributed by atoms with Gasteiger partial charge < -0.3 is 15.0 Å². The first-order valence-corrected chi connectivity index (χ1v) is 10.5. The van der Waals surface area contributed by atoms with Crippen molar-refractivity contribution in [3.05, 3.63) is 51.2 Å². The lowest BCUT2D eigenvalue weighted by Crippen LogP contribution is -2.38. The highest BCUT2D eigenvalue weighted by Gasteiger charge is 2.19. The Kier molecular flexibility index (Phi) is 7.13. The van der Waals surface area contributed by atoms with Gasteiger partial charge >= 0.3 is 6.03 Å². The highest BCUT2D eigenvalue weighted by atomic mass is 35.5. The molecule has 0 saturated carbocycles. The van der Waals surface area contributed by atoms with Crippen LogP contribution in [0.25, 0.3) is 0 Å². The summed E-state index contributed by atoms with van der Waals surface area (Å²) in [5.41, 5.74) is 2.05. The average molecular weight is 408 g/mol. The van der Waals surface area contributed by atoms with Gasteiger partial charge in [0.2, 0.25) is 0 Å². The lowest BCUT2D eigenvalue weighted by Gasteiger charge is -2.32. The molecule has 2 aromatic rings. The maximum absolute atomic E-state index is 12.6. The molecule has 1 aromatic carbocycles. The normalized spacial score (nSPS) is 16.1. The van der Waals surface area contributed by atoms with E-state index in [2.05, 4.69) is 29.3 Å². The number of urea groups is 1. The summed E-state index contributed by atoms with van der Waals surface area (Å²) in [4.78, 5) is 17.8. The first kappa shape index (κ1) is 20.1. The first-order chi connectivity index (χ1) is 13.1. The Hall–Kier alpha value is -1.60. The summed E-state index contributed by atoms with van der Waals surface area (Å²) < 4.78 is 6.17. The van der Waals surface area contributed by atoms with Gasteiger partial charge in [-0.3, -0.25) is 4.90 Å². The minimum Gasteiger partial charge on any atom is -0.379 e. The number of ether oxygens (including phenoxy) is 1. The van der Waals surface area contributed by atoms with E-state index in [-0.39, 0.29) is 6.03 Å². The monoisotopic (exact) mass is 407 g/mol. The fourth-order valence-electron chi connectivity index (χ4n) is 3.18. The third-order valence-electron chi connectivity index (χ3n) is 4.88. The van der Waals surface area contributed by atoms with Gasteiger partial charge in [-0.25, -0.2) is 4.79 Å². The highest BCUT2D eigenvalue weighted by Crippen LogP contribution is 2.24. The second kappa shape index (κ2) is 9.55. The number of carbonyl (C=O) groups excluding carboxylic acids is 1. The number of thiophene rings is 1. The molecule has 1 aromatic heterocycles. The topological polar surface area (TPSA) is 44.8 Å². The number of amides is 2. The predicted molar refractivity (Wildman–Crippen MR) is 112 cm³/mol. The van der Waals surface area contributed by atoms with Crippen molar-refractivity contribution in [2.75, 3.05) is 38.2 Å². The van der Waals surface area contributed by atoms with Crippen molar-refractivity contribution in [2.24, 2.45) is 0 Å². The van der Waals surface area contributed by atoms with Gasteiger partial charge in [-0.05, 0) is 43.7 Å². The van der Waals surface area contributed by atoms with E-state index in [1.165, 1.54) is 16.9 Å². The van der Waals surface area contributed by atoms with E-state index in [4.69, 9.17) is 16.3 Å². The van der Waals surface area contributed by atoms with Crippen molar-refractivity contribution in [1.82, 2.24) is 9.80 Å². The molecule has 1 aliphatic rings. The number of carbonyl (C=O) groups is 1. The van der Waals surface area contributed by atoms with Gasteiger partial charge in [0.05, 0.1) is 24.1 Å². The molecule has 1 fully saturated rings. The molecule has 0 aliphatic carbocycles. The lowest BCUT2D eigenvalue weighted by molar-refractivity contribution is 0.0198. The molecule has 5 nitrogen and oxygen atoms in total. The van der Waals surface area contributed by atoms with Crippen LogP contribution >= 0.6 is 22.9 Å². The van der Waals surface area contributed by atoms with Gasteiger partial charge in [0.15, 0.2) is 0 Å². The molecule has 146 valence electrons. The Bertz CT molecular complexity index is 744. The molecule has 0 bridgehead atoms. The largest absolute Gasteiger partial charge is 0.379 e. The Labute approximate surface area is 169 Å². The quantitative estimate of drug-likeness (QED) is 0.744. The van der Waals surface area contributed by atoms with E-state index in [9.17, 15) is 4.79 Å². The number of hydrogen-bond acceptors (Lipinski definition) is 4. The van der Waals surface area contributed by atoms with E-state index in [0.717, 1.165) is 41.2 Å². The molecule has 7 heteroatoms. The highest BCUT2D eigenvalue weighted by molar-refractivity contribution is 7.16. The zero-order chi connectivity index (χ0) is 19.2. The van der Waals surface area contributed by atoms with Crippen LogP contribution in [0, 0.1) is 0 Å². The third-order valence-corrected chi connectivity index (χ3v) is 6.10. The van der Waals surface area contributed by atoms with Crippen LogP contribution in [0.15, 0.2) is 36.4 Å². The molecule has 0 spiro atoms.